The number of hydrogen-bond acceptors (Lipinski definition) is 3. The van der Waals surface area contributed by atoms with Crippen LogP contribution in [-0.2, 0) is 4.79 Å². The minimum atomic E-state index is -0.221. The van der Waals surface area contributed by atoms with E-state index in [9.17, 15) is 14.4 Å². The third-order valence-electron chi connectivity index (χ3n) is 4.11. The average Bonchev–Trinajstić information content (AvgIpc) is 2.61. The lowest BCUT2D eigenvalue weighted by atomic mass is 9.90. The molecule has 0 fully saturated rings. The first kappa shape index (κ1) is 16.7. The number of rotatable bonds is 4. The van der Waals surface area contributed by atoms with Crippen LogP contribution in [0.3, 0.4) is 0 Å². The highest BCUT2D eigenvalue weighted by molar-refractivity contribution is 5.98. The molecule has 1 aliphatic heterocycles. The van der Waals surface area contributed by atoms with Gasteiger partial charge >= 0.3 is 0 Å². The molecule has 0 bridgehead atoms. The van der Waals surface area contributed by atoms with Crippen LogP contribution in [-0.4, -0.2) is 30.8 Å². The third kappa shape index (κ3) is 3.85. The summed E-state index contributed by atoms with van der Waals surface area (Å²) in [7, 11) is 0. The summed E-state index contributed by atoms with van der Waals surface area (Å²) in [5, 5.41) is 8.40. The molecule has 128 valence electrons. The second kappa shape index (κ2) is 7.17. The van der Waals surface area contributed by atoms with Crippen molar-refractivity contribution in [2.24, 2.45) is 0 Å². The maximum Gasteiger partial charge on any atom is 0.251 e. The van der Waals surface area contributed by atoms with Crippen LogP contribution in [0.15, 0.2) is 48.5 Å². The highest BCUT2D eigenvalue weighted by Gasteiger charge is 2.25. The van der Waals surface area contributed by atoms with Gasteiger partial charge in [-0.2, -0.15) is 0 Å². The molecule has 3 N–H and O–H groups in total. The summed E-state index contributed by atoms with van der Waals surface area (Å²) in [5.41, 5.74) is 2.65. The molecule has 2 aromatic rings. The summed E-state index contributed by atoms with van der Waals surface area (Å²) in [5.74, 6) is -0.466. The Balaban J connectivity index is 1.68. The molecular formula is C19H19N3O3. The van der Waals surface area contributed by atoms with Gasteiger partial charge in [-0.05, 0) is 29.8 Å². The molecule has 25 heavy (non-hydrogen) atoms. The molecule has 0 aromatic heterocycles. The third-order valence-corrected chi connectivity index (χ3v) is 4.11. The number of carbonyl (C=O) groups excluding carboxylic acids is 3. The van der Waals surface area contributed by atoms with Gasteiger partial charge in [-0.15, -0.1) is 0 Å². The molecule has 0 spiro atoms. The highest BCUT2D eigenvalue weighted by Crippen LogP contribution is 2.23. The van der Waals surface area contributed by atoms with Crippen LogP contribution in [0.2, 0.25) is 0 Å². The van der Waals surface area contributed by atoms with Crippen LogP contribution < -0.4 is 16.0 Å². The van der Waals surface area contributed by atoms with Gasteiger partial charge in [-0.25, -0.2) is 0 Å². The summed E-state index contributed by atoms with van der Waals surface area (Å²) in [4.78, 5) is 35.4. The highest BCUT2D eigenvalue weighted by atomic mass is 16.2. The molecule has 3 rings (SSSR count). The largest absolute Gasteiger partial charge is 0.351 e. The van der Waals surface area contributed by atoms with E-state index in [0.29, 0.717) is 29.9 Å². The summed E-state index contributed by atoms with van der Waals surface area (Å²) in [6, 6.07) is 14.2. The number of amides is 3. The monoisotopic (exact) mass is 337 g/mol. The van der Waals surface area contributed by atoms with Crippen LogP contribution in [0.25, 0.3) is 0 Å². The van der Waals surface area contributed by atoms with Crippen LogP contribution in [0.1, 0.15) is 39.1 Å². The molecule has 1 heterocycles. The molecule has 1 aliphatic rings. The summed E-state index contributed by atoms with van der Waals surface area (Å²) >= 11 is 0. The quantitative estimate of drug-likeness (QED) is 0.796. The maximum atomic E-state index is 12.4. The van der Waals surface area contributed by atoms with Crippen molar-refractivity contribution in [2.45, 2.75) is 12.8 Å². The van der Waals surface area contributed by atoms with Gasteiger partial charge in [0.05, 0.1) is 0 Å². The Hall–Kier alpha value is -3.15. The van der Waals surface area contributed by atoms with Gasteiger partial charge in [0.15, 0.2) is 0 Å². The fourth-order valence-electron chi connectivity index (χ4n) is 2.92. The van der Waals surface area contributed by atoms with Crippen LogP contribution in [0, 0.1) is 0 Å². The van der Waals surface area contributed by atoms with Crippen molar-refractivity contribution in [1.29, 1.82) is 0 Å². The van der Waals surface area contributed by atoms with Crippen molar-refractivity contribution in [3.8, 4) is 0 Å². The van der Waals surface area contributed by atoms with Crippen LogP contribution in [0.4, 0.5) is 5.69 Å². The summed E-state index contributed by atoms with van der Waals surface area (Å²) < 4.78 is 0. The number of anilines is 1. The normalized spacial score (nSPS) is 15.7. The van der Waals surface area contributed by atoms with Crippen molar-refractivity contribution < 1.29 is 14.4 Å². The SMILES string of the molecule is CC(=O)Nc1cccc(C(=O)NCC2CNC(=O)c3ccccc32)c1. The van der Waals surface area contributed by atoms with E-state index < -0.39 is 0 Å². The molecular weight excluding hydrogens is 318 g/mol. The Bertz CT molecular complexity index is 832. The lowest BCUT2D eigenvalue weighted by Gasteiger charge is -2.25. The fourth-order valence-corrected chi connectivity index (χ4v) is 2.92. The van der Waals surface area contributed by atoms with Crippen molar-refractivity contribution >= 4 is 23.4 Å². The minimum Gasteiger partial charge on any atom is -0.351 e. The Labute approximate surface area is 145 Å². The van der Waals surface area contributed by atoms with E-state index in [1.54, 1.807) is 30.3 Å². The van der Waals surface area contributed by atoms with Crippen molar-refractivity contribution in [3.05, 3.63) is 65.2 Å². The Morgan fingerprint density at radius 2 is 1.96 bits per heavy atom. The van der Waals surface area contributed by atoms with Crippen molar-refractivity contribution in [3.63, 3.8) is 0 Å². The predicted molar refractivity (Wildman–Crippen MR) is 94.6 cm³/mol. The first-order valence-corrected chi connectivity index (χ1v) is 8.07. The van der Waals surface area contributed by atoms with Gasteiger partial charge < -0.3 is 16.0 Å². The molecule has 0 saturated heterocycles. The smallest absolute Gasteiger partial charge is 0.251 e. The van der Waals surface area contributed by atoms with Gasteiger partial charge in [0, 0.05) is 42.7 Å². The van der Waals surface area contributed by atoms with Crippen molar-refractivity contribution in [1.82, 2.24) is 10.6 Å². The van der Waals surface area contributed by atoms with Gasteiger partial charge in [0.25, 0.3) is 11.8 Å². The first-order chi connectivity index (χ1) is 12.0. The Morgan fingerprint density at radius 1 is 1.16 bits per heavy atom. The maximum absolute atomic E-state index is 12.4. The van der Waals surface area contributed by atoms with Gasteiger partial charge in [-0.1, -0.05) is 24.3 Å². The second-order valence-corrected chi connectivity index (χ2v) is 5.97. The second-order valence-electron chi connectivity index (χ2n) is 5.97. The zero-order valence-electron chi connectivity index (χ0n) is 13.8. The summed E-state index contributed by atoms with van der Waals surface area (Å²) in [6.45, 7) is 2.32. The number of hydrogen-bond donors (Lipinski definition) is 3. The molecule has 0 saturated carbocycles. The number of benzene rings is 2. The van der Waals surface area contributed by atoms with E-state index in [-0.39, 0.29) is 23.6 Å². The lowest BCUT2D eigenvalue weighted by molar-refractivity contribution is -0.114. The Morgan fingerprint density at radius 3 is 2.76 bits per heavy atom. The predicted octanol–water partition coefficient (Wildman–Crippen LogP) is 1.90. The Kier molecular flexibility index (Phi) is 4.79. The minimum absolute atomic E-state index is 0.0244. The van der Waals surface area contributed by atoms with Crippen molar-refractivity contribution in [2.75, 3.05) is 18.4 Å². The molecule has 6 heteroatoms. The molecule has 0 aliphatic carbocycles. The van der Waals surface area contributed by atoms with Crippen LogP contribution in [0.5, 0.6) is 0 Å². The van der Waals surface area contributed by atoms with E-state index in [4.69, 9.17) is 0 Å². The molecule has 0 radical (unpaired) electrons. The van der Waals surface area contributed by atoms with Gasteiger partial charge in [-0.3, -0.25) is 14.4 Å². The summed E-state index contributed by atoms with van der Waals surface area (Å²) in [6.07, 6.45) is 0. The van der Waals surface area contributed by atoms with Gasteiger partial charge in [0.1, 0.15) is 0 Å². The number of fused-ring (bicyclic) bond motifs is 1. The zero-order valence-corrected chi connectivity index (χ0v) is 13.8. The number of carbonyl (C=O) groups is 3. The standard InChI is InChI=1S/C19H19N3O3/c1-12(23)22-15-6-4-5-13(9-15)18(24)20-10-14-11-21-19(25)17-8-3-2-7-16(14)17/h2-9,14H,10-11H2,1H3,(H,20,24)(H,21,25)(H,22,23). The topological polar surface area (TPSA) is 87.3 Å². The lowest BCUT2D eigenvalue weighted by Crippen LogP contribution is -2.40. The van der Waals surface area contributed by atoms with E-state index >= 15 is 0 Å². The fraction of sp³-hybridized carbons (Fsp3) is 0.211. The molecule has 6 nitrogen and oxygen atoms in total. The van der Waals surface area contributed by atoms with E-state index in [0.717, 1.165) is 5.56 Å². The van der Waals surface area contributed by atoms with E-state index in [1.165, 1.54) is 6.92 Å². The molecule has 3 amide bonds. The molecule has 1 unspecified atom stereocenters. The van der Waals surface area contributed by atoms with E-state index in [1.807, 2.05) is 18.2 Å². The molecule has 1 atom stereocenters. The molecule has 2 aromatic carbocycles. The van der Waals surface area contributed by atoms with E-state index in [2.05, 4.69) is 16.0 Å². The first-order valence-electron chi connectivity index (χ1n) is 8.07. The number of nitrogens with one attached hydrogen (secondary N) is 3. The van der Waals surface area contributed by atoms with Gasteiger partial charge in [0.2, 0.25) is 5.91 Å². The van der Waals surface area contributed by atoms with Crippen LogP contribution >= 0.6 is 0 Å². The average molecular weight is 337 g/mol. The zero-order chi connectivity index (χ0) is 17.8.